The summed E-state index contributed by atoms with van der Waals surface area (Å²) < 4.78 is 15.1. The van der Waals surface area contributed by atoms with Crippen molar-refractivity contribution in [2.45, 2.75) is 6.92 Å². The zero-order valence-corrected chi connectivity index (χ0v) is 29.5. The van der Waals surface area contributed by atoms with Crippen molar-refractivity contribution in [3.63, 3.8) is 0 Å². The molecule has 0 saturated carbocycles. The molecule has 0 unspecified atom stereocenters. The van der Waals surface area contributed by atoms with E-state index in [1.165, 1.54) is 0 Å². The highest BCUT2D eigenvalue weighted by atomic mass is 16.5. The largest absolute Gasteiger partial charge is 0.457 e. The third-order valence-corrected chi connectivity index (χ3v) is 10.0. The van der Waals surface area contributed by atoms with Crippen molar-refractivity contribution >= 4 is 44.6 Å². The fourth-order valence-electron chi connectivity index (χ4n) is 7.39. The molecule has 0 atom stereocenters. The summed E-state index contributed by atoms with van der Waals surface area (Å²) in [7, 11) is 0. The summed E-state index contributed by atoms with van der Waals surface area (Å²) in [5, 5.41) is 9.61. The molecule has 6 nitrogen and oxygen atoms in total. The van der Waals surface area contributed by atoms with Gasteiger partial charge in [0.1, 0.15) is 28.8 Å². The molecular weight excluding hydrogens is 665 g/mol. The molecule has 6 aliphatic heterocycles. The number of pyridine rings is 1. The van der Waals surface area contributed by atoms with Gasteiger partial charge in [-0.3, -0.25) is 4.57 Å². The van der Waals surface area contributed by atoms with Crippen LogP contribution < -0.4 is 20.1 Å². The number of aryl methyl sites for hydroxylation is 1. The lowest BCUT2D eigenvalue weighted by atomic mass is 10.0. The first-order valence-electron chi connectivity index (χ1n) is 18.0. The summed E-state index contributed by atoms with van der Waals surface area (Å²) in [5.74, 6) is 3.86. The third kappa shape index (κ3) is 5.76. The molecule has 258 valence electrons. The zero-order valence-electron chi connectivity index (χ0n) is 29.5. The van der Waals surface area contributed by atoms with Crippen molar-refractivity contribution < 1.29 is 9.47 Å². The number of hydrogen-bond acceptors (Lipinski definition) is 5. The normalized spacial score (nSPS) is 12.0. The number of para-hydroxylation sites is 4. The number of fused-ring (bicyclic) bond motifs is 2. The molecule has 54 heavy (non-hydrogen) atoms. The molecule has 7 aromatic carbocycles. The van der Waals surface area contributed by atoms with E-state index < -0.39 is 0 Å². The van der Waals surface area contributed by atoms with Gasteiger partial charge in [-0.2, -0.15) is 0 Å². The summed E-state index contributed by atoms with van der Waals surface area (Å²) in [6.07, 6.45) is 1.97. The maximum Gasteiger partial charge on any atom is 0.137 e. The lowest BCUT2D eigenvalue weighted by Crippen LogP contribution is -1.99. The average molecular weight is 699 g/mol. The van der Waals surface area contributed by atoms with E-state index in [-0.39, 0.29) is 0 Å². The van der Waals surface area contributed by atoms with E-state index >= 15 is 0 Å². The van der Waals surface area contributed by atoms with Crippen LogP contribution in [0.1, 0.15) is 5.56 Å². The van der Waals surface area contributed by atoms with Gasteiger partial charge in [-0.15, -0.1) is 0 Å². The Kier molecular flexibility index (Phi) is 7.58. The molecule has 0 fully saturated rings. The first-order chi connectivity index (χ1) is 26.6. The van der Waals surface area contributed by atoms with E-state index in [1.807, 2.05) is 79.0 Å². The Labute approximate surface area is 312 Å². The van der Waals surface area contributed by atoms with Gasteiger partial charge in [-0.05, 0) is 102 Å². The van der Waals surface area contributed by atoms with Crippen LogP contribution in [0.5, 0.6) is 23.0 Å². The minimum Gasteiger partial charge on any atom is -0.457 e. The van der Waals surface area contributed by atoms with Gasteiger partial charge >= 0.3 is 0 Å². The van der Waals surface area contributed by atoms with Crippen LogP contribution >= 0.6 is 0 Å². The van der Waals surface area contributed by atoms with Crippen molar-refractivity contribution in [2.24, 2.45) is 0 Å². The number of nitrogens with zero attached hydrogens (tertiary/aromatic N) is 2. The number of anilines is 4. The van der Waals surface area contributed by atoms with Gasteiger partial charge in [0.2, 0.25) is 0 Å². The average Bonchev–Trinajstić information content (AvgIpc) is 3.53. The maximum absolute atomic E-state index is 6.56. The molecule has 6 heteroatoms. The van der Waals surface area contributed by atoms with E-state index in [4.69, 9.17) is 14.5 Å². The predicted molar refractivity (Wildman–Crippen MR) is 220 cm³/mol. The first-order valence-corrected chi connectivity index (χ1v) is 18.0. The van der Waals surface area contributed by atoms with Gasteiger partial charge in [-0.25, -0.2) is 4.98 Å². The number of aromatic nitrogens is 2. The maximum atomic E-state index is 6.56. The van der Waals surface area contributed by atoms with Crippen LogP contribution in [0, 0.1) is 6.92 Å². The highest BCUT2D eigenvalue weighted by Gasteiger charge is 2.16. The highest BCUT2D eigenvalue weighted by molar-refractivity contribution is 6.09. The van der Waals surface area contributed by atoms with Crippen molar-refractivity contribution in [1.82, 2.24) is 9.55 Å². The second kappa shape index (κ2) is 13.0. The van der Waals surface area contributed by atoms with E-state index in [2.05, 4.69) is 119 Å². The fraction of sp³-hybridized carbons (Fsp3) is 0.0208. The van der Waals surface area contributed by atoms with Gasteiger partial charge in [0, 0.05) is 51.6 Å². The first kappa shape index (κ1) is 31.4. The summed E-state index contributed by atoms with van der Waals surface area (Å²) in [6, 6.07) is 58.0. The van der Waals surface area contributed by atoms with Gasteiger partial charge in [0.05, 0.1) is 22.4 Å². The fourth-order valence-corrected chi connectivity index (χ4v) is 7.39. The molecule has 0 amide bonds. The summed E-state index contributed by atoms with van der Waals surface area (Å²) in [4.78, 5) is 5.04. The molecule has 0 aliphatic carbocycles. The third-order valence-electron chi connectivity index (χ3n) is 10.0. The van der Waals surface area contributed by atoms with Crippen molar-refractivity contribution in [3.8, 4) is 51.1 Å². The van der Waals surface area contributed by atoms with E-state index in [9.17, 15) is 0 Å². The standard InChI is InChI=1S/C48H34N4O2/c1-31-27-48-49-30-42(31)33-19-23-36(24-20-33)53-35-21-17-32(18-22-35)39-11-2-4-13-43(39)51-45-15-6-5-14-44(45)50-34-9-8-10-37(28-34)54-38-25-26-41-40-12-3-7-16-46(40)52(48)47(41)29-38/h2-30,50-51H,1H3. The van der Waals surface area contributed by atoms with Gasteiger partial charge in [0.15, 0.2) is 0 Å². The molecule has 0 saturated heterocycles. The van der Waals surface area contributed by atoms with E-state index in [0.717, 1.165) is 101 Å². The van der Waals surface area contributed by atoms with Crippen molar-refractivity contribution in [2.75, 3.05) is 10.6 Å². The molecule has 0 spiro atoms. The van der Waals surface area contributed by atoms with Gasteiger partial charge in [-0.1, -0.05) is 78.9 Å². The lowest BCUT2D eigenvalue weighted by molar-refractivity contribution is 0.482. The summed E-state index contributed by atoms with van der Waals surface area (Å²) >= 11 is 0. The minimum absolute atomic E-state index is 0.729. The molecular formula is C48H34N4O2. The highest BCUT2D eigenvalue weighted by Crippen LogP contribution is 2.38. The quantitative estimate of drug-likeness (QED) is 0.165. The molecule has 2 aromatic heterocycles. The number of rotatable bonds is 0. The molecule has 10 bridgehead atoms. The Morgan fingerprint density at radius 3 is 1.85 bits per heavy atom. The predicted octanol–water partition coefficient (Wildman–Crippen LogP) is 13.2. The summed E-state index contributed by atoms with van der Waals surface area (Å²) in [6.45, 7) is 2.14. The van der Waals surface area contributed by atoms with E-state index in [1.54, 1.807) is 0 Å². The second-order valence-electron chi connectivity index (χ2n) is 13.5. The lowest BCUT2D eigenvalue weighted by Gasteiger charge is -2.17. The van der Waals surface area contributed by atoms with Crippen LogP contribution in [-0.4, -0.2) is 9.55 Å². The Balaban J connectivity index is 1.11. The number of nitrogens with one attached hydrogen (secondary N) is 2. The topological polar surface area (TPSA) is 60.3 Å². The Morgan fingerprint density at radius 1 is 0.463 bits per heavy atom. The molecule has 2 N–H and O–H groups in total. The smallest absolute Gasteiger partial charge is 0.137 e. The number of hydrogen-bond donors (Lipinski definition) is 2. The van der Waals surface area contributed by atoms with Crippen LogP contribution in [-0.2, 0) is 0 Å². The van der Waals surface area contributed by atoms with Crippen LogP contribution in [0.25, 0.3) is 49.9 Å². The molecule has 0 radical (unpaired) electrons. The zero-order chi connectivity index (χ0) is 36.0. The minimum atomic E-state index is 0.729. The van der Waals surface area contributed by atoms with Crippen LogP contribution in [0.2, 0.25) is 0 Å². The molecule has 15 rings (SSSR count). The SMILES string of the molecule is Cc1cc2ncc1-c1ccc(cc1)Oc1ccc(cc1)-c1ccccc1Nc1ccccc1Nc1cccc(c1)Oc1ccc3c4ccccc4n-2c3c1. The second-order valence-corrected chi connectivity index (χ2v) is 13.5. The summed E-state index contributed by atoms with van der Waals surface area (Å²) in [5.41, 5.74) is 11.3. The van der Waals surface area contributed by atoms with Gasteiger partial charge < -0.3 is 20.1 Å². The Bertz CT molecular complexity index is 2840. The van der Waals surface area contributed by atoms with Crippen molar-refractivity contribution in [3.05, 3.63) is 182 Å². The Hall–Kier alpha value is -7.31. The Morgan fingerprint density at radius 2 is 1.07 bits per heavy atom. The number of benzene rings is 7. The van der Waals surface area contributed by atoms with Crippen molar-refractivity contribution in [1.29, 1.82) is 0 Å². The van der Waals surface area contributed by atoms with Gasteiger partial charge in [0.25, 0.3) is 0 Å². The van der Waals surface area contributed by atoms with Crippen LogP contribution in [0.4, 0.5) is 22.7 Å². The number of ether oxygens (including phenoxy) is 2. The van der Waals surface area contributed by atoms with Crippen LogP contribution in [0.15, 0.2) is 176 Å². The molecule has 6 aliphatic rings. The molecule has 9 aromatic rings. The molecule has 8 heterocycles. The van der Waals surface area contributed by atoms with Crippen LogP contribution in [0.3, 0.4) is 0 Å². The monoisotopic (exact) mass is 698 g/mol. The van der Waals surface area contributed by atoms with E-state index in [0.29, 0.717) is 0 Å².